The van der Waals surface area contributed by atoms with E-state index in [1.54, 1.807) is 0 Å². The fraction of sp³-hybridized carbons (Fsp3) is 0.450. The number of hydrogen-bond acceptors (Lipinski definition) is 3. The van der Waals surface area contributed by atoms with Crippen LogP contribution in [-0.2, 0) is 11.3 Å². The van der Waals surface area contributed by atoms with E-state index >= 15 is 0 Å². The highest BCUT2D eigenvalue weighted by Crippen LogP contribution is 2.21. The fourth-order valence-electron chi connectivity index (χ4n) is 3.28. The predicted octanol–water partition coefficient (Wildman–Crippen LogP) is 3.68. The van der Waals surface area contributed by atoms with Crippen LogP contribution in [0, 0.1) is 12.8 Å². The van der Waals surface area contributed by atoms with Crippen LogP contribution >= 0.6 is 0 Å². The molecule has 3 rings (SSSR count). The maximum atomic E-state index is 12.5. The van der Waals surface area contributed by atoms with Crippen LogP contribution in [0.15, 0.2) is 46.9 Å². The van der Waals surface area contributed by atoms with E-state index < -0.39 is 0 Å². The van der Waals surface area contributed by atoms with E-state index in [0.29, 0.717) is 0 Å². The second-order valence-corrected chi connectivity index (χ2v) is 6.71. The molecule has 2 heterocycles. The van der Waals surface area contributed by atoms with Crippen molar-refractivity contribution < 1.29 is 9.21 Å². The molecule has 0 saturated carbocycles. The van der Waals surface area contributed by atoms with E-state index in [9.17, 15) is 4.79 Å². The van der Waals surface area contributed by atoms with Gasteiger partial charge in [0.05, 0.1) is 6.04 Å². The Balaban J connectivity index is 1.46. The summed E-state index contributed by atoms with van der Waals surface area (Å²) in [6.45, 7) is 6.81. The molecule has 1 aliphatic rings. The van der Waals surface area contributed by atoms with Gasteiger partial charge in [0.1, 0.15) is 11.5 Å². The molecule has 24 heavy (non-hydrogen) atoms. The summed E-state index contributed by atoms with van der Waals surface area (Å²) >= 11 is 0. The number of piperidine rings is 1. The molecule has 1 fully saturated rings. The first-order chi connectivity index (χ1) is 11.6. The summed E-state index contributed by atoms with van der Waals surface area (Å²) in [5, 5.41) is 3.09. The number of amides is 1. The van der Waals surface area contributed by atoms with Crippen molar-refractivity contribution in [3.8, 4) is 0 Å². The first-order valence-electron chi connectivity index (χ1n) is 8.75. The molecule has 1 atom stereocenters. The molecule has 0 aliphatic carbocycles. The quantitative estimate of drug-likeness (QED) is 0.912. The minimum absolute atomic E-state index is 0.0754. The summed E-state index contributed by atoms with van der Waals surface area (Å²) in [6.07, 6.45) is 1.84. The van der Waals surface area contributed by atoms with Crippen molar-refractivity contribution in [2.45, 2.75) is 39.3 Å². The Bertz CT molecular complexity index is 657. The van der Waals surface area contributed by atoms with Crippen LogP contribution in [-0.4, -0.2) is 23.9 Å². The van der Waals surface area contributed by atoms with Crippen molar-refractivity contribution in [3.05, 3.63) is 59.5 Å². The van der Waals surface area contributed by atoms with Gasteiger partial charge in [-0.3, -0.25) is 9.69 Å². The molecule has 1 saturated heterocycles. The number of benzene rings is 1. The first-order valence-corrected chi connectivity index (χ1v) is 8.75. The lowest BCUT2D eigenvalue weighted by Gasteiger charge is -2.31. The van der Waals surface area contributed by atoms with Crippen LogP contribution in [0.5, 0.6) is 0 Å². The number of likely N-dealkylation sites (tertiary alicyclic amines) is 1. The highest BCUT2D eigenvalue weighted by Gasteiger charge is 2.26. The standard InChI is InChI=1S/C20H26N2O2/c1-15-8-9-19(24-15)16(2)21-20(23)18-10-12-22(13-11-18)14-17-6-4-3-5-7-17/h3-9,16,18H,10-14H2,1-2H3,(H,21,23)/t16-/m1/s1. The second kappa shape index (κ2) is 7.67. The second-order valence-electron chi connectivity index (χ2n) is 6.71. The summed E-state index contributed by atoms with van der Waals surface area (Å²) in [5.41, 5.74) is 1.34. The molecular formula is C20H26N2O2. The number of nitrogens with one attached hydrogen (secondary N) is 1. The van der Waals surface area contributed by atoms with Gasteiger partial charge in [-0.2, -0.15) is 0 Å². The molecule has 1 N–H and O–H groups in total. The van der Waals surface area contributed by atoms with Gasteiger partial charge in [-0.25, -0.2) is 0 Å². The molecule has 4 heteroatoms. The lowest BCUT2D eigenvalue weighted by atomic mass is 9.95. The first kappa shape index (κ1) is 16.8. The summed E-state index contributed by atoms with van der Waals surface area (Å²) in [6, 6.07) is 14.3. The molecule has 0 radical (unpaired) electrons. The van der Waals surface area contributed by atoms with Crippen molar-refractivity contribution in [2.75, 3.05) is 13.1 Å². The number of rotatable bonds is 5. The zero-order valence-corrected chi connectivity index (χ0v) is 14.5. The molecule has 0 unspecified atom stereocenters. The van der Waals surface area contributed by atoms with Crippen LogP contribution in [0.25, 0.3) is 0 Å². The van der Waals surface area contributed by atoms with Gasteiger partial charge in [-0.1, -0.05) is 30.3 Å². The molecule has 1 aromatic carbocycles. The fourth-order valence-corrected chi connectivity index (χ4v) is 3.28. The van der Waals surface area contributed by atoms with Gasteiger partial charge in [0.2, 0.25) is 5.91 Å². The van der Waals surface area contributed by atoms with Gasteiger partial charge < -0.3 is 9.73 Å². The van der Waals surface area contributed by atoms with Gasteiger partial charge in [0.25, 0.3) is 0 Å². The Morgan fingerprint density at radius 3 is 2.54 bits per heavy atom. The van der Waals surface area contributed by atoms with Crippen LogP contribution in [0.4, 0.5) is 0 Å². The summed E-state index contributed by atoms with van der Waals surface area (Å²) in [7, 11) is 0. The Hall–Kier alpha value is -2.07. The number of nitrogens with zero attached hydrogens (tertiary/aromatic N) is 1. The lowest BCUT2D eigenvalue weighted by molar-refractivity contribution is -0.127. The van der Waals surface area contributed by atoms with E-state index in [0.717, 1.165) is 44.0 Å². The Kier molecular flexibility index (Phi) is 5.36. The van der Waals surface area contributed by atoms with Gasteiger partial charge >= 0.3 is 0 Å². The SMILES string of the molecule is Cc1ccc([C@@H](C)NC(=O)C2CCN(Cc3ccccc3)CC2)o1. The monoisotopic (exact) mass is 326 g/mol. The van der Waals surface area contributed by atoms with Gasteiger partial charge in [0, 0.05) is 12.5 Å². The molecule has 0 spiro atoms. The van der Waals surface area contributed by atoms with Crippen molar-refractivity contribution in [1.29, 1.82) is 0 Å². The number of carbonyl (C=O) groups excluding carboxylic acids is 1. The van der Waals surface area contributed by atoms with Crippen molar-refractivity contribution in [2.24, 2.45) is 5.92 Å². The molecule has 1 aliphatic heterocycles. The molecule has 1 amide bonds. The van der Waals surface area contributed by atoms with Crippen LogP contribution < -0.4 is 5.32 Å². The number of furan rings is 1. The number of hydrogen-bond donors (Lipinski definition) is 1. The van der Waals surface area contributed by atoms with Gasteiger partial charge in [0.15, 0.2) is 0 Å². The lowest BCUT2D eigenvalue weighted by Crippen LogP contribution is -2.40. The third kappa shape index (κ3) is 4.26. The van der Waals surface area contributed by atoms with E-state index in [2.05, 4.69) is 34.5 Å². The number of carbonyl (C=O) groups is 1. The molecular weight excluding hydrogens is 300 g/mol. The third-order valence-electron chi connectivity index (χ3n) is 4.75. The van der Waals surface area contributed by atoms with Crippen LogP contribution in [0.2, 0.25) is 0 Å². The summed E-state index contributed by atoms with van der Waals surface area (Å²) in [5.74, 6) is 1.95. The molecule has 2 aromatic rings. The van der Waals surface area contributed by atoms with Crippen molar-refractivity contribution in [3.63, 3.8) is 0 Å². The molecule has 4 nitrogen and oxygen atoms in total. The highest BCUT2D eigenvalue weighted by atomic mass is 16.3. The van der Waals surface area contributed by atoms with Gasteiger partial charge in [-0.05, 0) is 57.5 Å². The average molecular weight is 326 g/mol. The van der Waals surface area contributed by atoms with Crippen molar-refractivity contribution in [1.82, 2.24) is 10.2 Å². The topological polar surface area (TPSA) is 45.5 Å². The minimum atomic E-state index is -0.0754. The van der Waals surface area contributed by atoms with E-state index in [1.807, 2.05) is 32.0 Å². The zero-order chi connectivity index (χ0) is 16.9. The normalized spacial score (nSPS) is 17.6. The third-order valence-corrected chi connectivity index (χ3v) is 4.75. The van der Waals surface area contributed by atoms with E-state index in [4.69, 9.17) is 4.42 Å². The van der Waals surface area contributed by atoms with E-state index in [-0.39, 0.29) is 17.9 Å². The minimum Gasteiger partial charge on any atom is -0.464 e. The average Bonchev–Trinajstić information content (AvgIpc) is 3.03. The van der Waals surface area contributed by atoms with E-state index in [1.165, 1.54) is 5.56 Å². The van der Waals surface area contributed by atoms with Crippen LogP contribution in [0.1, 0.15) is 42.9 Å². The Labute approximate surface area is 143 Å². The van der Waals surface area contributed by atoms with Crippen LogP contribution in [0.3, 0.4) is 0 Å². The molecule has 128 valence electrons. The summed E-state index contributed by atoms with van der Waals surface area (Å²) < 4.78 is 5.59. The largest absolute Gasteiger partial charge is 0.464 e. The maximum absolute atomic E-state index is 12.5. The Morgan fingerprint density at radius 1 is 1.21 bits per heavy atom. The van der Waals surface area contributed by atoms with Crippen molar-refractivity contribution >= 4 is 5.91 Å². The molecule has 0 bridgehead atoms. The summed E-state index contributed by atoms with van der Waals surface area (Å²) in [4.78, 5) is 14.9. The zero-order valence-electron chi connectivity index (χ0n) is 14.5. The predicted molar refractivity (Wildman–Crippen MR) is 94.4 cm³/mol. The molecule has 1 aromatic heterocycles. The maximum Gasteiger partial charge on any atom is 0.223 e. The number of aryl methyl sites for hydroxylation is 1. The Morgan fingerprint density at radius 2 is 1.92 bits per heavy atom. The van der Waals surface area contributed by atoms with Gasteiger partial charge in [-0.15, -0.1) is 0 Å². The highest BCUT2D eigenvalue weighted by molar-refractivity contribution is 5.79. The smallest absolute Gasteiger partial charge is 0.223 e.